The van der Waals surface area contributed by atoms with Crippen molar-refractivity contribution < 1.29 is 27.7 Å². The molecule has 2 amide bonds. The Labute approximate surface area is 259 Å². The molecule has 3 rings (SSSR count). The number of aryl methyl sites for hydroxylation is 2. The van der Waals surface area contributed by atoms with Crippen LogP contribution in [0.15, 0.2) is 71.6 Å². The Morgan fingerprint density at radius 2 is 1.68 bits per heavy atom. The molecule has 0 aliphatic heterocycles. The number of amides is 2. The van der Waals surface area contributed by atoms with Crippen molar-refractivity contribution in [3.63, 3.8) is 0 Å². The fraction of sp³-hybridized carbons (Fsp3) is 0.375. The molecular weight excluding hydrogens is 584 g/mol. The van der Waals surface area contributed by atoms with Gasteiger partial charge in [-0.15, -0.1) is 0 Å². The van der Waals surface area contributed by atoms with E-state index < -0.39 is 33.4 Å². The molecule has 0 radical (unpaired) electrons. The summed E-state index contributed by atoms with van der Waals surface area (Å²) in [6.07, 6.45) is 0.986. The van der Waals surface area contributed by atoms with Gasteiger partial charge >= 0.3 is 0 Å². The second kappa shape index (κ2) is 14.8. The molecule has 44 heavy (non-hydrogen) atoms. The number of nitrogens with one attached hydrogen (secondary N) is 1. The molecule has 236 valence electrons. The van der Waals surface area contributed by atoms with Crippen LogP contribution in [-0.4, -0.2) is 55.8 Å². The Morgan fingerprint density at radius 3 is 2.25 bits per heavy atom. The smallest absolute Gasteiger partial charge is 0.273 e. The van der Waals surface area contributed by atoms with E-state index in [0.29, 0.717) is 24.2 Å². The lowest BCUT2D eigenvalue weighted by Gasteiger charge is -2.33. The maximum absolute atomic E-state index is 14.2. The zero-order valence-electron chi connectivity index (χ0n) is 25.9. The third-order valence-corrected chi connectivity index (χ3v) is 9.20. The number of sulfonamides is 1. The van der Waals surface area contributed by atoms with Gasteiger partial charge in [-0.25, -0.2) is 8.42 Å². The van der Waals surface area contributed by atoms with Crippen LogP contribution in [0.4, 0.5) is 11.4 Å². The van der Waals surface area contributed by atoms with Gasteiger partial charge in [0.2, 0.25) is 11.8 Å². The Morgan fingerprint density at radius 1 is 1.00 bits per heavy atom. The van der Waals surface area contributed by atoms with Crippen LogP contribution in [0.25, 0.3) is 0 Å². The van der Waals surface area contributed by atoms with Crippen molar-refractivity contribution in [3.8, 4) is 5.75 Å². The normalized spacial score (nSPS) is 12.6. The molecule has 0 bridgehead atoms. The summed E-state index contributed by atoms with van der Waals surface area (Å²) in [7, 11) is -3.02. The lowest BCUT2D eigenvalue weighted by molar-refractivity contribution is -0.385. The number of anilines is 1. The van der Waals surface area contributed by atoms with Gasteiger partial charge in [-0.1, -0.05) is 49.7 Å². The molecule has 0 saturated carbocycles. The van der Waals surface area contributed by atoms with Crippen molar-refractivity contribution in [2.75, 3.05) is 18.0 Å². The highest BCUT2D eigenvalue weighted by atomic mass is 32.2. The third-order valence-electron chi connectivity index (χ3n) is 7.43. The second-order valence-electron chi connectivity index (χ2n) is 10.7. The zero-order chi connectivity index (χ0) is 32.6. The fourth-order valence-corrected chi connectivity index (χ4v) is 6.15. The molecule has 1 N–H and O–H groups in total. The van der Waals surface area contributed by atoms with E-state index in [9.17, 15) is 28.1 Å². The van der Waals surface area contributed by atoms with Crippen molar-refractivity contribution in [2.24, 2.45) is 0 Å². The Balaban J connectivity index is 2.12. The summed E-state index contributed by atoms with van der Waals surface area (Å²) in [6, 6.07) is 16.2. The Kier molecular flexibility index (Phi) is 11.5. The molecule has 0 aromatic heterocycles. The average Bonchev–Trinajstić information content (AvgIpc) is 2.99. The quantitative estimate of drug-likeness (QED) is 0.194. The van der Waals surface area contributed by atoms with Gasteiger partial charge in [-0.2, -0.15) is 0 Å². The van der Waals surface area contributed by atoms with Crippen LogP contribution in [0.3, 0.4) is 0 Å². The lowest BCUT2D eigenvalue weighted by Crippen LogP contribution is -2.53. The van der Waals surface area contributed by atoms with Crippen LogP contribution in [-0.2, 0) is 26.2 Å². The summed E-state index contributed by atoms with van der Waals surface area (Å²) in [4.78, 5) is 39.7. The van der Waals surface area contributed by atoms with Gasteiger partial charge in [0, 0.05) is 24.2 Å². The summed E-state index contributed by atoms with van der Waals surface area (Å²) >= 11 is 0. The highest BCUT2D eigenvalue weighted by Gasteiger charge is 2.34. The largest absolute Gasteiger partial charge is 0.497 e. The molecule has 0 fully saturated rings. The van der Waals surface area contributed by atoms with Crippen LogP contribution >= 0.6 is 0 Å². The van der Waals surface area contributed by atoms with Crippen molar-refractivity contribution in [1.29, 1.82) is 0 Å². The number of carbonyl (C=O) groups excluding carboxylic acids is 2. The van der Waals surface area contributed by atoms with Crippen molar-refractivity contribution in [3.05, 3.63) is 93.5 Å². The second-order valence-corrected chi connectivity index (χ2v) is 12.5. The summed E-state index contributed by atoms with van der Waals surface area (Å²) in [6.45, 7) is 8.44. The van der Waals surface area contributed by atoms with Gasteiger partial charge in [0.05, 0.1) is 22.6 Å². The highest BCUT2D eigenvalue weighted by Crippen LogP contribution is 2.29. The van der Waals surface area contributed by atoms with E-state index in [0.717, 1.165) is 21.5 Å². The number of benzene rings is 3. The van der Waals surface area contributed by atoms with Crippen molar-refractivity contribution >= 4 is 33.2 Å². The van der Waals surface area contributed by atoms with E-state index in [1.807, 2.05) is 45.0 Å². The SMILES string of the molecule is CCC(C)NC(=O)C(CC)N(Cc1cccc(C)c1)C(=O)CN(c1ccc(OC)cc1)S(=O)(=O)c1ccc(C)c([N+](=O)[O-])c1. The predicted molar refractivity (Wildman–Crippen MR) is 169 cm³/mol. The van der Waals surface area contributed by atoms with Gasteiger partial charge in [-0.3, -0.25) is 24.0 Å². The molecule has 0 aliphatic rings. The molecule has 0 aliphatic carbocycles. The van der Waals surface area contributed by atoms with Crippen LogP contribution in [0, 0.1) is 24.0 Å². The average molecular weight is 625 g/mol. The number of nitro groups is 1. The van der Waals surface area contributed by atoms with E-state index in [-0.39, 0.29) is 34.8 Å². The predicted octanol–water partition coefficient (Wildman–Crippen LogP) is 5.14. The number of methoxy groups -OCH3 is 1. The number of nitrogens with zero attached hydrogens (tertiary/aromatic N) is 3. The van der Waals surface area contributed by atoms with Gasteiger partial charge in [0.15, 0.2) is 0 Å². The zero-order valence-corrected chi connectivity index (χ0v) is 26.8. The summed E-state index contributed by atoms with van der Waals surface area (Å²) in [5.74, 6) is -0.480. The monoisotopic (exact) mass is 624 g/mol. The van der Waals surface area contributed by atoms with E-state index in [1.165, 1.54) is 43.2 Å². The van der Waals surface area contributed by atoms with Crippen molar-refractivity contribution in [2.45, 2.75) is 71.0 Å². The van der Waals surface area contributed by atoms with Gasteiger partial charge in [0.25, 0.3) is 15.7 Å². The molecular formula is C32H40N4O7S. The van der Waals surface area contributed by atoms with Gasteiger partial charge in [-0.05, 0) is 69.5 Å². The molecule has 2 atom stereocenters. The fourth-order valence-electron chi connectivity index (χ4n) is 4.72. The van der Waals surface area contributed by atoms with Gasteiger partial charge in [0.1, 0.15) is 18.3 Å². The first kappa shape index (κ1) is 34.0. The Hall–Kier alpha value is -4.45. The Bertz CT molecular complexity index is 1590. The first-order valence-corrected chi connectivity index (χ1v) is 15.8. The van der Waals surface area contributed by atoms with E-state index in [2.05, 4.69) is 5.32 Å². The molecule has 0 spiro atoms. The van der Waals surface area contributed by atoms with E-state index >= 15 is 0 Å². The standard InChI is InChI=1S/C32H40N4O7S/c1-7-24(5)33-32(38)29(8-2)34(20-25-11-9-10-22(3)18-25)31(37)21-35(26-13-15-27(43-6)16-14-26)44(41,42)28-17-12-23(4)30(19-28)36(39)40/h9-19,24,29H,7-8,20-21H2,1-6H3,(H,33,38). The maximum Gasteiger partial charge on any atom is 0.273 e. The van der Waals surface area contributed by atoms with Gasteiger partial charge < -0.3 is 15.0 Å². The van der Waals surface area contributed by atoms with Crippen LogP contribution in [0.5, 0.6) is 5.75 Å². The number of hydrogen-bond donors (Lipinski definition) is 1. The highest BCUT2D eigenvalue weighted by molar-refractivity contribution is 7.92. The summed E-state index contributed by atoms with van der Waals surface area (Å²) in [5, 5.41) is 14.6. The molecule has 2 unspecified atom stereocenters. The molecule has 3 aromatic carbocycles. The molecule has 0 saturated heterocycles. The number of ether oxygens (including phenoxy) is 1. The minimum absolute atomic E-state index is 0.0689. The van der Waals surface area contributed by atoms with Crippen LogP contribution < -0.4 is 14.4 Å². The topological polar surface area (TPSA) is 139 Å². The first-order valence-electron chi connectivity index (χ1n) is 14.4. The van der Waals surface area contributed by atoms with Crippen LogP contribution in [0.1, 0.15) is 50.3 Å². The number of nitro benzene ring substituents is 1. The minimum atomic E-state index is -4.49. The third kappa shape index (κ3) is 8.13. The maximum atomic E-state index is 14.2. The minimum Gasteiger partial charge on any atom is -0.497 e. The molecule has 12 heteroatoms. The first-order chi connectivity index (χ1) is 20.8. The van der Waals surface area contributed by atoms with Crippen molar-refractivity contribution in [1.82, 2.24) is 10.2 Å². The number of hydrogen-bond acceptors (Lipinski definition) is 7. The molecule has 11 nitrogen and oxygen atoms in total. The number of carbonyl (C=O) groups is 2. The van der Waals surface area contributed by atoms with E-state index in [1.54, 1.807) is 19.1 Å². The molecule has 3 aromatic rings. The lowest BCUT2D eigenvalue weighted by atomic mass is 10.1. The summed E-state index contributed by atoms with van der Waals surface area (Å²) in [5.41, 5.74) is 1.83. The number of rotatable bonds is 14. The van der Waals surface area contributed by atoms with E-state index in [4.69, 9.17) is 4.74 Å². The summed E-state index contributed by atoms with van der Waals surface area (Å²) < 4.78 is 34.4. The molecule has 0 heterocycles. The van der Waals surface area contributed by atoms with Crippen LogP contribution in [0.2, 0.25) is 0 Å².